The van der Waals surface area contributed by atoms with Crippen LogP contribution in [-0.2, 0) is 16.0 Å². The lowest BCUT2D eigenvalue weighted by Gasteiger charge is -2.13. The van der Waals surface area contributed by atoms with Crippen LogP contribution in [0.5, 0.6) is 5.75 Å². The van der Waals surface area contributed by atoms with Gasteiger partial charge in [0.15, 0.2) is 0 Å². The van der Waals surface area contributed by atoms with Crippen LogP contribution in [0.1, 0.15) is 18.4 Å². The van der Waals surface area contributed by atoms with Crippen molar-refractivity contribution in [2.24, 2.45) is 0 Å². The Hall–Kier alpha value is -1.46. The summed E-state index contributed by atoms with van der Waals surface area (Å²) in [6.45, 7) is 0.415. The van der Waals surface area contributed by atoms with Crippen molar-refractivity contribution in [2.75, 3.05) is 13.7 Å². The molecule has 1 aliphatic rings. The van der Waals surface area contributed by atoms with Gasteiger partial charge in [-0.3, -0.25) is 9.59 Å². The lowest BCUT2D eigenvalue weighted by Crippen LogP contribution is -2.42. The van der Waals surface area contributed by atoms with Gasteiger partial charge in [0, 0.05) is 18.0 Å². The van der Waals surface area contributed by atoms with Crippen LogP contribution < -0.4 is 15.4 Å². The highest BCUT2D eigenvalue weighted by Gasteiger charge is 2.26. The van der Waals surface area contributed by atoms with Crippen molar-refractivity contribution >= 4 is 35.0 Å². The largest absolute Gasteiger partial charge is 0.495 e. The zero-order chi connectivity index (χ0) is 15.4. The average molecular weight is 331 g/mol. The maximum Gasteiger partial charge on any atom is 0.242 e. The van der Waals surface area contributed by atoms with Crippen molar-refractivity contribution in [3.63, 3.8) is 0 Å². The van der Waals surface area contributed by atoms with Crippen molar-refractivity contribution < 1.29 is 14.3 Å². The Morgan fingerprint density at radius 2 is 2.24 bits per heavy atom. The van der Waals surface area contributed by atoms with Crippen molar-refractivity contribution in [3.8, 4) is 5.75 Å². The Kier molecular flexibility index (Phi) is 5.31. The van der Waals surface area contributed by atoms with Gasteiger partial charge in [0.05, 0.1) is 12.1 Å². The molecule has 1 aromatic carbocycles. The molecule has 1 heterocycles. The van der Waals surface area contributed by atoms with Crippen LogP contribution >= 0.6 is 23.2 Å². The molecule has 0 bridgehead atoms. The Bertz CT molecular complexity index is 563. The minimum absolute atomic E-state index is 0.0848. The summed E-state index contributed by atoms with van der Waals surface area (Å²) in [6.07, 6.45) is 1.47. The van der Waals surface area contributed by atoms with Crippen molar-refractivity contribution in [2.45, 2.75) is 25.3 Å². The average Bonchev–Trinajstić information content (AvgIpc) is 2.85. The summed E-state index contributed by atoms with van der Waals surface area (Å²) in [6, 6.07) is 2.94. The first-order valence-electron chi connectivity index (χ1n) is 6.60. The van der Waals surface area contributed by atoms with Crippen molar-refractivity contribution in [1.82, 2.24) is 10.6 Å². The predicted molar refractivity (Wildman–Crippen MR) is 80.9 cm³/mol. The molecule has 1 unspecified atom stereocenters. The second-order valence-corrected chi connectivity index (χ2v) is 5.62. The minimum Gasteiger partial charge on any atom is -0.495 e. The molecule has 1 aromatic rings. The van der Waals surface area contributed by atoms with Gasteiger partial charge < -0.3 is 15.4 Å². The Balaban J connectivity index is 1.91. The number of carbonyl (C=O) groups is 2. The zero-order valence-electron chi connectivity index (χ0n) is 11.5. The third kappa shape index (κ3) is 4.02. The zero-order valence-corrected chi connectivity index (χ0v) is 13.1. The molecule has 2 N–H and O–H groups in total. The second kappa shape index (κ2) is 7.00. The van der Waals surface area contributed by atoms with Gasteiger partial charge in [-0.1, -0.05) is 23.2 Å². The van der Waals surface area contributed by atoms with E-state index in [4.69, 9.17) is 27.9 Å². The summed E-state index contributed by atoms with van der Waals surface area (Å²) < 4.78 is 5.24. The van der Waals surface area contributed by atoms with Gasteiger partial charge in [-0.25, -0.2) is 0 Å². The first-order chi connectivity index (χ1) is 10.0. The summed E-state index contributed by atoms with van der Waals surface area (Å²) in [5.74, 6) is 0.302. The molecule has 0 saturated carbocycles. The summed E-state index contributed by atoms with van der Waals surface area (Å²) in [4.78, 5) is 22.9. The lowest BCUT2D eigenvalue weighted by molar-refractivity contribution is -0.125. The van der Waals surface area contributed by atoms with Gasteiger partial charge in [-0.05, 0) is 30.5 Å². The monoisotopic (exact) mass is 330 g/mol. The number of methoxy groups -OCH3 is 1. The van der Waals surface area contributed by atoms with E-state index in [0.717, 1.165) is 5.56 Å². The van der Waals surface area contributed by atoms with Crippen LogP contribution in [0.4, 0.5) is 0 Å². The number of rotatable bonds is 5. The molecular formula is C14H16Cl2N2O3. The standard InChI is InChI=1S/C14H16Cl2N2O3/c1-21-13-8(6-9(15)7-10(13)16)4-5-17-14(20)11-2-3-12(19)18-11/h6-7,11H,2-5H2,1H3,(H,17,20)(H,18,19). The molecule has 0 aromatic heterocycles. The number of hydrogen-bond acceptors (Lipinski definition) is 3. The molecule has 7 heteroatoms. The van der Waals surface area contributed by atoms with Crippen LogP contribution in [0.25, 0.3) is 0 Å². The van der Waals surface area contributed by atoms with Gasteiger partial charge in [-0.2, -0.15) is 0 Å². The number of ether oxygens (including phenoxy) is 1. The summed E-state index contributed by atoms with van der Waals surface area (Å²) in [5.41, 5.74) is 0.825. The fraction of sp³-hybridized carbons (Fsp3) is 0.429. The van der Waals surface area contributed by atoms with E-state index in [2.05, 4.69) is 10.6 Å². The van der Waals surface area contributed by atoms with Crippen LogP contribution in [0.2, 0.25) is 10.0 Å². The molecule has 0 radical (unpaired) electrons. The fourth-order valence-corrected chi connectivity index (χ4v) is 2.89. The molecule has 1 atom stereocenters. The molecular weight excluding hydrogens is 315 g/mol. The number of hydrogen-bond donors (Lipinski definition) is 2. The Labute approximate surface area is 132 Å². The highest BCUT2D eigenvalue weighted by molar-refractivity contribution is 6.35. The van der Waals surface area contributed by atoms with Gasteiger partial charge in [0.2, 0.25) is 11.8 Å². The number of amides is 2. The molecule has 5 nitrogen and oxygen atoms in total. The molecule has 114 valence electrons. The quantitative estimate of drug-likeness (QED) is 0.866. The van der Waals surface area contributed by atoms with E-state index in [0.29, 0.717) is 41.6 Å². The molecule has 21 heavy (non-hydrogen) atoms. The minimum atomic E-state index is -0.428. The number of carbonyl (C=O) groups excluding carboxylic acids is 2. The topological polar surface area (TPSA) is 67.4 Å². The predicted octanol–water partition coefficient (Wildman–Crippen LogP) is 1.94. The SMILES string of the molecule is COc1c(Cl)cc(Cl)cc1CCNC(=O)C1CCC(=O)N1. The number of benzene rings is 1. The van der Waals surface area contributed by atoms with Crippen LogP contribution in [0.15, 0.2) is 12.1 Å². The third-order valence-electron chi connectivity index (χ3n) is 3.29. The summed E-state index contributed by atoms with van der Waals surface area (Å²) in [7, 11) is 1.53. The molecule has 0 spiro atoms. The van der Waals surface area contributed by atoms with E-state index in [-0.39, 0.29) is 11.8 Å². The maximum atomic E-state index is 11.9. The first kappa shape index (κ1) is 15.9. The van der Waals surface area contributed by atoms with E-state index >= 15 is 0 Å². The fourth-order valence-electron chi connectivity index (χ4n) is 2.28. The molecule has 2 amide bonds. The van der Waals surface area contributed by atoms with Gasteiger partial charge in [0.25, 0.3) is 0 Å². The number of nitrogens with one attached hydrogen (secondary N) is 2. The lowest BCUT2D eigenvalue weighted by atomic mass is 10.1. The van der Waals surface area contributed by atoms with E-state index in [1.54, 1.807) is 12.1 Å². The van der Waals surface area contributed by atoms with E-state index in [9.17, 15) is 9.59 Å². The van der Waals surface area contributed by atoms with Gasteiger partial charge >= 0.3 is 0 Å². The second-order valence-electron chi connectivity index (χ2n) is 4.78. The van der Waals surface area contributed by atoms with E-state index < -0.39 is 6.04 Å². The first-order valence-corrected chi connectivity index (χ1v) is 7.36. The molecule has 1 aliphatic heterocycles. The van der Waals surface area contributed by atoms with Gasteiger partial charge in [0.1, 0.15) is 11.8 Å². The smallest absolute Gasteiger partial charge is 0.242 e. The van der Waals surface area contributed by atoms with Crippen LogP contribution in [0, 0.1) is 0 Å². The normalized spacial score (nSPS) is 17.5. The maximum absolute atomic E-state index is 11.9. The van der Waals surface area contributed by atoms with Crippen LogP contribution in [0.3, 0.4) is 0 Å². The molecule has 1 fully saturated rings. The number of halogens is 2. The Morgan fingerprint density at radius 3 is 2.86 bits per heavy atom. The van der Waals surface area contributed by atoms with Crippen LogP contribution in [-0.4, -0.2) is 31.5 Å². The third-order valence-corrected chi connectivity index (χ3v) is 3.79. The highest BCUT2D eigenvalue weighted by atomic mass is 35.5. The highest BCUT2D eigenvalue weighted by Crippen LogP contribution is 2.32. The molecule has 2 rings (SSSR count). The van der Waals surface area contributed by atoms with E-state index in [1.165, 1.54) is 7.11 Å². The summed E-state index contributed by atoms with van der Waals surface area (Å²) in [5, 5.41) is 6.37. The molecule has 1 saturated heterocycles. The van der Waals surface area contributed by atoms with Crippen molar-refractivity contribution in [3.05, 3.63) is 27.7 Å². The summed E-state index contributed by atoms with van der Waals surface area (Å²) >= 11 is 12.0. The molecule has 0 aliphatic carbocycles. The van der Waals surface area contributed by atoms with Crippen molar-refractivity contribution in [1.29, 1.82) is 0 Å². The van der Waals surface area contributed by atoms with E-state index in [1.807, 2.05) is 0 Å². The Morgan fingerprint density at radius 1 is 1.48 bits per heavy atom. The van der Waals surface area contributed by atoms with Gasteiger partial charge in [-0.15, -0.1) is 0 Å².